The Kier molecular flexibility index (Phi) is 6.22. The number of rotatable bonds is 6. The highest BCUT2D eigenvalue weighted by Crippen LogP contribution is 2.31. The number of anilines is 1. The van der Waals surface area contributed by atoms with Crippen molar-refractivity contribution in [3.63, 3.8) is 0 Å². The number of imidazole rings is 1. The lowest BCUT2D eigenvalue weighted by Crippen LogP contribution is -2.13. The lowest BCUT2D eigenvalue weighted by molar-refractivity contribution is 0.102. The van der Waals surface area contributed by atoms with Crippen molar-refractivity contribution in [1.82, 2.24) is 24.9 Å². The van der Waals surface area contributed by atoms with E-state index in [-0.39, 0.29) is 5.91 Å². The number of aryl methyl sites for hydroxylation is 2. The number of ether oxygens (including phenoxy) is 1. The molecule has 5 aromatic rings. The van der Waals surface area contributed by atoms with Crippen molar-refractivity contribution in [2.45, 2.75) is 20.8 Å². The number of carbonyl (C=O) groups excluding carboxylic acids is 1. The van der Waals surface area contributed by atoms with Gasteiger partial charge in [0.25, 0.3) is 5.91 Å². The summed E-state index contributed by atoms with van der Waals surface area (Å²) < 4.78 is 12.9. The fourth-order valence-corrected chi connectivity index (χ4v) is 3.85. The van der Waals surface area contributed by atoms with E-state index in [4.69, 9.17) is 20.9 Å². The SMILES string of the molecule is Cc1ncn(-c2ccc(Oc3ccc(NC(=O)c4c(-c5ccccc5Cl)noc4C)cc3)nn2)c1C. The zero-order chi connectivity index (χ0) is 25.2. The number of hydrogen-bond donors (Lipinski definition) is 1. The third-order valence-electron chi connectivity index (χ3n) is 5.68. The fraction of sp³-hybridized carbons (Fsp3) is 0.115. The smallest absolute Gasteiger partial charge is 0.261 e. The number of nitrogens with zero attached hydrogens (tertiary/aromatic N) is 5. The molecule has 0 atom stereocenters. The van der Waals surface area contributed by atoms with Crippen molar-refractivity contribution < 1.29 is 14.1 Å². The molecule has 9 nitrogen and oxygen atoms in total. The van der Waals surface area contributed by atoms with E-state index in [0.29, 0.717) is 50.7 Å². The van der Waals surface area contributed by atoms with E-state index in [1.807, 2.05) is 36.6 Å². The lowest BCUT2D eigenvalue weighted by atomic mass is 10.1. The molecule has 1 amide bonds. The summed E-state index contributed by atoms with van der Waals surface area (Å²) in [7, 11) is 0. The highest BCUT2D eigenvalue weighted by molar-refractivity contribution is 6.33. The molecule has 3 heterocycles. The summed E-state index contributed by atoms with van der Waals surface area (Å²) in [5.41, 5.74) is 3.83. The van der Waals surface area contributed by atoms with Crippen LogP contribution in [0.5, 0.6) is 11.6 Å². The predicted octanol–water partition coefficient (Wildman–Crippen LogP) is 5.94. The summed E-state index contributed by atoms with van der Waals surface area (Å²) in [5, 5.41) is 15.7. The Balaban J connectivity index is 1.28. The van der Waals surface area contributed by atoms with E-state index in [1.165, 1.54) is 0 Å². The molecule has 0 radical (unpaired) electrons. The molecule has 36 heavy (non-hydrogen) atoms. The molecule has 0 bridgehead atoms. The Hall–Kier alpha value is -4.50. The van der Waals surface area contributed by atoms with Gasteiger partial charge in [-0.2, -0.15) is 0 Å². The van der Waals surface area contributed by atoms with Gasteiger partial charge in [0.15, 0.2) is 5.82 Å². The van der Waals surface area contributed by atoms with E-state index in [0.717, 1.165) is 11.4 Å². The van der Waals surface area contributed by atoms with Crippen molar-refractivity contribution in [3.05, 3.63) is 94.7 Å². The number of benzene rings is 2. The zero-order valence-electron chi connectivity index (χ0n) is 19.7. The van der Waals surface area contributed by atoms with Gasteiger partial charge in [-0.15, -0.1) is 10.2 Å². The highest BCUT2D eigenvalue weighted by atomic mass is 35.5. The second kappa shape index (κ2) is 9.63. The quantitative estimate of drug-likeness (QED) is 0.307. The number of nitrogens with one attached hydrogen (secondary N) is 1. The summed E-state index contributed by atoms with van der Waals surface area (Å²) >= 11 is 6.30. The van der Waals surface area contributed by atoms with Crippen LogP contribution in [0.4, 0.5) is 5.69 Å². The second-order valence-corrected chi connectivity index (χ2v) is 8.45. The van der Waals surface area contributed by atoms with Crippen molar-refractivity contribution in [2.24, 2.45) is 0 Å². The number of hydrogen-bond acceptors (Lipinski definition) is 7. The van der Waals surface area contributed by atoms with Gasteiger partial charge in [0.2, 0.25) is 5.88 Å². The lowest BCUT2D eigenvalue weighted by Gasteiger charge is -2.09. The Labute approximate surface area is 211 Å². The van der Waals surface area contributed by atoms with Crippen LogP contribution in [0.25, 0.3) is 17.1 Å². The van der Waals surface area contributed by atoms with Gasteiger partial charge in [0.1, 0.15) is 29.1 Å². The Morgan fingerprint density at radius 2 is 1.78 bits per heavy atom. The predicted molar refractivity (Wildman–Crippen MR) is 135 cm³/mol. The summed E-state index contributed by atoms with van der Waals surface area (Å²) in [4.78, 5) is 17.3. The summed E-state index contributed by atoms with van der Waals surface area (Å²) in [5.74, 6) is 1.57. The molecule has 0 aliphatic rings. The minimum Gasteiger partial charge on any atom is -0.438 e. The molecule has 10 heteroatoms. The summed E-state index contributed by atoms with van der Waals surface area (Å²) in [6.07, 6.45) is 1.71. The van der Waals surface area contributed by atoms with Crippen molar-refractivity contribution in [3.8, 4) is 28.7 Å². The highest BCUT2D eigenvalue weighted by Gasteiger charge is 2.23. The van der Waals surface area contributed by atoms with Gasteiger partial charge in [0.05, 0.1) is 10.7 Å². The molecule has 1 N–H and O–H groups in total. The Morgan fingerprint density at radius 1 is 1.00 bits per heavy atom. The van der Waals surface area contributed by atoms with Crippen LogP contribution in [0.2, 0.25) is 5.02 Å². The number of aromatic nitrogens is 5. The number of carbonyl (C=O) groups is 1. The standard InChI is InChI=1S/C26H21ClN6O3/c1-15-16(2)33(14-28-15)22-12-13-23(31-30-22)35-19-10-8-18(9-11-19)29-26(34)24-17(3)36-32-25(24)20-6-4-5-7-21(20)27/h4-14H,1-3H3,(H,29,34). The van der Waals surface area contributed by atoms with Crippen molar-refractivity contribution in [2.75, 3.05) is 5.32 Å². The maximum atomic E-state index is 13.0. The number of halogens is 1. The molecule has 0 aliphatic heterocycles. The maximum absolute atomic E-state index is 13.0. The monoisotopic (exact) mass is 500 g/mol. The Bertz CT molecular complexity index is 1540. The molecular formula is C26H21ClN6O3. The Morgan fingerprint density at radius 3 is 2.44 bits per heavy atom. The number of amides is 1. The van der Waals surface area contributed by atoms with E-state index < -0.39 is 0 Å². The molecule has 0 saturated heterocycles. The third-order valence-corrected chi connectivity index (χ3v) is 6.01. The molecule has 0 aliphatic carbocycles. The van der Waals surface area contributed by atoms with Crippen LogP contribution >= 0.6 is 11.6 Å². The first-order valence-electron chi connectivity index (χ1n) is 11.1. The first-order chi connectivity index (χ1) is 17.4. The molecule has 180 valence electrons. The van der Waals surface area contributed by atoms with E-state index in [2.05, 4.69) is 25.7 Å². The van der Waals surface area contributed by atoms with Crippen molar-refractivity contribution >= 4 is 23.2 Å². The summed E-state index contributed by atoms with van der Waals surface area (Å²) in [6.45, 7) is 5.59. The van der Waals surface area contributed by atoms with E-state index in [9.17, 15) is 4.79 Å². The first-order valence-corrected chi connectivity index (χ1v) is 11.4. The normalized spacial score (nSPS) is 10.9. The van der Waals surface area contributed by atoms with Crippen LogP contribution in [0.1, 0.15) is 27.5 Å². The van der Waals surface area contributed by atoms with Crippen LogP contribution < -0.4 is 10.1 Å². The van der Waals surface area contributed by atoms with Gasteiger partial charge < -0.3 is 14.6 Å². The topological polar surface area (TPSA) is 108 Å². The van der Waals surface area contributed by atoms with Crippen LogP contribution in [-0.4, -0.2) is 30.8 Å². The average Bonchev–Trinajstić information content (AvgIpc) is 3.43. The van der Waals surface area contributed by atoms with Crippen LogP contribution in [0.15, 0.2) is 71.5 Å². The van der Waals surface area contributed by atoms with Gasteiger partial charge in [-0.25, -0.2) is 4.98 Å². The molecule has 3 aromatic heterocycles. The van der Waals surface area contributed by atoms with Gasteiger partial charge in [0, 0.05) is 23.0 Å². The van der Waals surface area contributed by atoms with Crippen LogP contribution in [0, 0.1) is 20.8 Å². The van der Waals surface area contributed by atoms with Crippen LogP contribution in [-0.2, 0) is 0 Å². The molecule has 0 saturated carbocycles. The van der Waals surface area contributed by atoms with Crippen LogP contribution in [0.3, 0.4) is 0 Å². The van der Waals surface area contributed by atoms with Gasteiger partial charge in [-0.05, 0) is 57.2 Å². The molecular weight excluding hydrogens is 480 g/mol. The van der Waals surface area contributed by atoms with Gasteiger partial charge in [-0.3, -0.25) is 9.36 Å². The zero-order valence-corrected chi connectivity index (χ0v) is 20.4. The fourth-order valence-electron chi connectivity index (χ4n) is 3.62. The average molecular weight is 501 g/mol. The van der Waals surface area contributed by atoms with E-state index >= 15 is 0 Å². The minimum atomic E-state index is -0.358. The first kappa shape index (κ1) is 23.3. The third kappa shape index (κ3) is 4.56. The summed E-state index contributed by atoms with van der Waals surface area (Å²) in [6, 6.07) is 17.6. The molecule has 0 spiro atoms. The molecule has 5 rings (SSSR count). The van der Waals surface area contributed by atoms with Gasteiger partial charge in [-0.1, -0.05) is 35.0 Å². The second-order valence-electron chi connectivity index (χ2n) is 8.04. The molecule has 0 fully saturated rings. The van der Waals surface area contributed by atoms with E-state index in [1.54, 1.807) is 55.7 Å². The maximum Gasteiger partial charge on any atom is 0.261 e. The minimum absolute atomic E-state index is 0.321. The largest absolute Gasteiger partial charge is 0.438 e. The molecule has 2 aromatic carbocycles. The van der Waals surface area contributed by atoms with Gasteiger partial charge >= 0.3 is 0 Å². The molecule has 0 unspecified atom stereocenters. The van der Waals surface area contributed by atoms with Crippen molar-refractivity contribution in [1.29, 1.82) is 0 Å².